The first-order valence-electron chi connectivity index (χ1n) is 5.63. The van der Waals surface area contributed by atoms with Crippen LogP contribution in [0.1, 0.15) is 27.2 Å². The average molecular weight is 260 g/mol. The molecule has 0 bridgehead atoms. The minimum absolute atomic E-state index is 0.0489. The number of hydrogen-bond acceptors (Lipinski definition) is 4. The Bertz CT molecular complexity index is 327. The number of carbonyl (C=O) groups excluding carboxylic acids is 2. The summed E-state index contributed by atoms with van der Waals surface area (Å²) in [6.07, 6.45) is 0.0489. The number of rotatable bonds is 6. The van der Waals surface area contributed by atoms with Crippen LogP contribution in [0.2, 0.25) is 0 Å². The first-order chi connectivity index (χ1) is 8.27. The summed E-state index contributed by atoms with van der Waals surface area (Å²) in [5.74, 6) is -1.52. The van der Waals surface area contributed by atoms with Crippen molar-refractivity contribution in [2.45, 2.75) is 32.7 Å². The Labute approximate surface area is 106 Å². The summed E-state index contributed by atoms with van der Waals surface area (Å²) in [7, 11) is 1.26. The fraction of sp³-hybridized carbons (Fsp3) is 0.727. The molecule has 0 aromatic carbocycles. The van der Waals surface area contributed by atoms with Crippen LogP contribution in [0.15, 0.2) is 0 Å². The molecule has 0 fully saturated rings. The van der Waals surface area contributed by atoms with Gasteiger partial charge in [-0.2, -0.15) is 0 Å². The van der Waals surface area contributed by atoms with Gasteiger partial charge in [-0.3, -0.25) is 4.79 Å². The topological polar surface area (TPSA) is 95.9 Å². The number of hydrogen-bond donors (Lipinski definition) is 2. The zero-order chi connectivity index (χ0) is 14.3. The van der Waals surface area contributed by atoms with Crippen molar-refractivity contribution in [3.8, 4) is 0 Å². The highest BCUT2D eigenvalue weighted by atomic mass is 16.5. The highest BCUT2D eigenvalue weighted by molar-refractivity contribution is 5.85. The highest BCUT2D eigenvalue weighted by Crippen LogP contribution is 2.14. The van der Waals surface area contributed by atoms with Gasteiger partial charge in [0, 0.05) is 13.1 Å². The van der Waals surface area contributed by atoms with Crippen LogP contribution in [0, 0.1) is 0 Å². The summed E-state index contributed by atoms with van der Waals surface area (Å²) < 4.78 is 4.43. The van der Waals surface area contributed by atoms with Gasteiger partial charge in [-0.25, -0.2) is 9.59 Å². The molecule has 0 rings (SSSR count). The fourth-order valence-electron chi connectivity index (χ4n) is 1.38. The van der Waals surface area contributed by atoms with Crippen molar-refractivity contribution in [3.05, 3.63) is 0 Å². The molecular weight excluding hydrogens is 240 g/mol. The third kappa shape index (κ3) is 4.23. The lowest BCUT2D eigenvalue weighted by Gasteiger charge is -2.34. The number of ether oxygens (including phenoxy) is 1. The number of esters is 1. The number of amides is 2. The van der Waals surface area contributed by atoms with Gasteiger partial charge in [0.25, 0.3) is 0 Å². The Morgan fingerprint density at radius 1 is 1.33 bits per heavy atom. The first-order valence-corrected chi connectivity index (χ1v) is 5.63. The van der Waals surface area contributed by atoms with Gasteiger partial charge in [0.05, 0.1) is 13.5 Å². The van der Waals surface area contributed by atoms with Crippen LogP contribution in [0.25, 0.3) is 0 Å². The van der Waals surface area contributed by atoms with Gasteiger partial charge < -0.3 is 20.1 Å². The zero-order valence-electron chi connectivity index (χ0n) is 11.1. The Morgan fingerprint density at radius 2 is 1.89 bits per heavy atom. The van der Waals surface area contributed by atoms with E-state index in [9.17, 15) is 14.4 Å². The van der Waals surface area contributed by atoms with E-state index in [0.717, 1.165) is 0 Å². The molecule has 0 aliphatic heterocycles. The Balaban J connectivity index is 4.46. The van der Waals surface area contributed by atoms with Gasteiger partial charge in [-0.05, 0) is 20.8 Å². The number of nitrogens with zero attached hydrogens (tertiary/aromatic N) is 1. The summed E-state index contributed by atoms with van der Waals surface area (Å²) >= 11 is 0. The minimum Gasteiger partial charge on any atom is -0.480 e. The van der Waals surface area contributed by atoms with Crippen molar-refractivity contribution in [2.24, 2.45) is 0 Å². The van der Waals surface area contributed by atoms with Gasteiger partial charge in [-0.15, -0.1) is 0 Å². The molecule has 0 aliphatic carbocycles. The molecule has 2 amide bonds. The second-order valence-corrected chi connectivity index (χ2v) is 4.17. The molecule has 104 valence electrons. The van der Waals surface area contributed by atoms with Gasteiger partial charge in [0.2, 0.25) is 0 Å². The van der Waals surface area contributed by atoms with Gasteiger partial charge in [0.15, 0.2) is 0 Å². The normalized spacial score (nSPS) is 10.7. The number of carbonyl (C=O) groups is 3. The van der Waals surface area contributed by atoms with Crippen LogP contribution < -0.4 is 5.32 Å². The van der Waals surface area contributed by atoms with Gasteiger partial charge in [0.1, 0.15) is 5.54 Å². The molecule has 0 atom stereocenters. The number of carboxylic acids is 1. The Hall–Kier alpha value is -1.79. The number of urea groups is 1. The number of aliphatic carboxylic acids is 1. The molecule has 0 radical (unpaired) electrons. The smallest absolute Gasteiger partial charge is 0.329 e. The second kappa shape index (κ2) is 6.83. The summed E-state index contributed by atoms with van der Waals surface area (Å²) in [5.41, 5.74) is -1.30. The summed E-state index contributed by atoms with van der Waals surface area (Å²) in [4.78, 5) is 34.9. The lowest BCUT2D eigenvalue weighted by atomic mass is 10.0. The monoisotopic (exact) mass is 260 g/mol. The number of methoxy groups -OCH3 is 1. The van der Waals surface area contributed by atoms with Crippen molar-refractivity contribution in [1.29, 1.82) is 0 Å². The molecule has 2 N–H and O–H groups in total. The van der Waals surface area contributed by atoms with E-state index in [1.54, 1.807) is 6.92 Å². The van der Waals surface area contributed by atoms with Crippen LogP contribution in [-0.2, 0) is 14.3 Å². The molecule has 7 nitrogen and oxygen atoms in total. The third-order valence-electron chi connectivity index (χ3n) is 2.59. The minimum atomic E-state index is -1.30. The molecule has 0 heterocycles. The van der Waals surface area contributed by atoms with Crippen LogP contribution >= 0.6 is 0 Å². The molecule has 0 aromatic heterocycles. The van der Waals surface area contributed by atoms with Crippen molar-refractivity contribution < 1.29 is 24.2 Å². The van der Waals surface area contributed by atoms with Crippen molar-refractivity contribution in [2.75, 3.05) is 20.2 Å². The van der Waals surface area contributed by atoms with Crippen molar-refractivity contribution >= 4 is 18.0 Å². The van der Waals surface area contributed by atoms with Crippen molar-refractivity contribution in [1.82, 2.24) is 10.2 Å². The largest absolute Gasteiger partial charge is 0.480 e. The molecule has 0 aliphatic rings. The average Bonchev–Trinajstić information content (AvgIpc) is 2.29. The van der Waals surface area contributed by atoms with E-state index in [1.807, 2.05) is 0 Å². The van der Waals surface area contributed by atoms with E-state index in [-0.39, 0.29) is 19.5 Å². The lowest BCUT2D eigenvalue weighted by Crippen LogP contribution is -2.56. The maximum Gasteiger partial charge on any atom is 0.329 e. The maximum absolute atomic E-state index is 11.8. The standard InChI is InChI=1S/C11H20N2O5/c1-5-13(11(2,3)9(15)16)10(17)12-7-6-8(14)18-4/h5-7H2,1-4H3,(H,12,17)(H,15,16). The van der Waals surface area contributed by atoms with Crippen LogP contribution in [0.5, 0.6) is 0 Å². The number of carboxylic acid groups (broad SMARTS) is 1. The van der Waals surface area contributed by atoms with E-state index < -0.39 is 23.5 Å². The van der Waals surface area contributed by atoms with Crippen molar-refractivity contribution in [3.63, 3.8) is 0 Å². The SMILES string of the molecule is CCN(C(=O)NCCC(=O)OC)C(C)(C)C(=O)O. The second-order valence-electron chi connectivity index (χ2n) is 4.17. The molecular formula is C11H20N2O5. The van der Waals surface area contributed by atoms with E-state index in [1.165, 1.54) is 25.9 Å². The fourth-order valence-corrected chi connectivity index (χ4v) is 1.38. The predicted molar refractivity (Wildman–Crippen MR) is 64.1 cm³/mol. The molecule has 0 saturated heterocycles. The van der Waals surface area contributed by atoms with E-state index in [0.29, 0.717) is 0 Å². The molecule has 7 heteroatoms. The van der Waals surface area contributed by atoms with Gasteiger partial charge in [-0.1, -0.05) is 0 Å². The lowest BCUT2D eigenvalue weighted by molar-refractivity contribution is -0.147. The summed E-state index contributed by atoms with van der Waals surface area (Å²) in [5, 5.41) is 11.5. The number of likely N-dealkylation sites (N-methyl/N-ethyl adjacent to an activating group) is 1. The van der Waals surface area contributed by atoms with Crippen LogP contribution in [-0.4, -0.2) is 53.7 Å². The molecule has 18 heavy (non-hydrogen) atoms. The molecule has 0 aromatic rings. The molecule has 0 unspecified atom stereocenters. The predicted octanol–water partition coefficient (Wildman–Crippen LogP) is 0.444. The molecule has 0 saturated carbocycles. The maximum atomic E-state index is 11.8. The molecule has 0 spiro atoms. The van der Waals surface area contributed by atoms with E-state index >= 15 is 0 Å². The third-order valence-corrected chi connectivity index (χ3v) is 2.59. The number of nitrogens with one attached hydrogen (secondary N) is 1. The summed E-state index contributed by atoms with van der Waals surface area (Å²) in [6, 6.07) is -0.520. The zero-order valence-corrected chi connectivity index (χ0v) is 11.1. The van der Waals surface area contributed by atoms with E-state index in [4.69, 9.17) is 5.11 Å². The van der Waals surface area contributed by atoms with E-state index in [2.05, 4.69) is 10.1 Å². The Kier molecular flexibility index (Phi) is 6.15. The van der Waals surface area contributed by atoms with Gasteiger partial charge >= 0.3 is 18.0 Å². The highest BCUT2D eigenvalue weighted by Gasteiger charge is 2.36. The summed E-state index contributed by atoms with van der Waals surface area (Å²) in [6.45, 7) is 4.93. The quantitative estimate of drug-likeness (QED) is 0.676. The first kappa shape index (κ1) is 16.2. The Morgan fingerprint density at radius 3 is 2.28 bits per heavy atom. The van der Waals surface area contributed by atoms with Crippen LogP contribution in [0.3, 0.4) is 0 Å². The van der Waals surface area contributed by atoms with Crippen LogP contribution in [0.4, 0.5) is 4.79 Å².